The van der Waals surface area contributed by atoms with Crippen molar-refractivity contribution in [2.24, 2.45) is 39.6 Å². The molecule has 2 aliphatic rings. The van der Waals surface area contributed by atoms with E-state index >= 15 is 4.79 Å². The fourth-order valence-electron chi connectivity index (χ4n) is 10.6. The lowest BCUT2D eigenvalue weighted by molar-refractivity contribution is -0.142. The second kappa shape index (κ2) is 31.2. The zero-order chi connectivity index (χ0) is 60.2. The zero-order valence-electron chi connectivity index (χ0n) is 47.7. The van der Waals surface area contributed by atoms with Crippen molar-refractivity contribution < 1.29 is 43.2 Å². The molecule has 7 unspecified atom stereocenters. The number of nitrogens with one attached hydrogen (secondary N) is 7. The largest absolute Gasteiger partial charge is 0.370 e. The van der Waals surface area contributed by atoms with Crippen molar-refractivity contribution >= 4 is 70.0 Å². The normalized spacial score (nSPS) is 17.5. The molecule has 83 heavy (non-hydrogen) atoms. The first-order chi connectivity index (χ1) is 39.8. The van der Waals surface area contributed by atoms with Gasteiger partial charge in [0.1, 0.15) is 48.3 Å². The Hall–Kier alpha value is -8.38. The van der Waals surface area contributed by atoms with Crippen LogP contribution in [0.25, 0.3) is 10.9 Å². The van der Waals surface area contributed by atoms with Crippen LogP contribution in [-0.2, 0) is 62.4 Å². The second-order valence-corrected chi connectivity index (χ2v) is 21.8. The third-order valence-corrected chi connectivity index (χ3v) is 15.0. The molecule has 448 valence electrons. The molecule has 3 heterocycles. The van der Waals surface area contributed by atoms with Crippen molar-refractivity contribution in [2.45, 2.75) is 152 Å². The van der Waals surface area contributed by atoms with Crippen molar-refractivity contribution in [2.75, 3.05) is 26.2 Å². The number of hydrogen-bond donors (Lipinski definition) is 12. The van der Waals surface area contributed by atoms with Gasteiger partial charge in [-0.2, -0.15) is 0 Å². The van der Waals surface area contributed by atoms with Crippen LogP contribution in [0.5, 0.6) is 0 Å². The van der Waals surface area contributed by atoms with Gasteiger partial charge in [0.15, 0.2) is 5.96 Å². The molecule has 24 heteroatoms. The first-order valence-corrected chi connectivity index (χ1v) is 28.6. The summed E-state index contributed by atoms with van der Waals surface area (Å²) in [4.78, 5) is 137. The average molecular weight is 1150 g/mol. The van der Waals surface area contributed by atoms with E-state index in [1.807, 2.05) is 24.3 Å². The van der Waals surface area contributed by atoms with Crippen LogP contribution >= 0.6 is 0 Å². The second-order valence-electron chi connectivity index (χ2n) is 21.8. The number of carbonyl (C=O) groups excluding carboxylic acids is 9. The van der Waals surface area contributed by atoms with Gasteiger partial charge in [-0.3, -0.25) is 48.1 Å². The molecule has 9 amide bonds. The lowest BCUT2D eigenvalue weighted by Gasteiger charge is -2.31. The Morgan fingerprint density at radius 2 is 1.06 bits per heavy atom. The van der Waals surface area contributed by atoms with Crippen LogP contribution in [0.1, 0.15) is 95.2 Å². The molecule has 0 radical (unpaired) electrons. The molecule has 1 aromatic heterocycles. The molecular formula is C59H83N15O9. The van der Waals surface area contributed by atoms with Gasteiger partial charge in [0, 0.05) is 56.0 Å². The monoisotopic (exact) mass is 1150 g/mol. The molecule has 3 aromatic carbocycles. The van der Waals surface area contributed by atoms with E-state index < -0.39 is 108 Å². The zero-order valence-corrected chi connectivity index (χ0v) is 47.7. The van der Waals surface area contributed by atoms with E-state index in [2.05, 4.69) is 41.9 Å². The van der Waals surface area contributed by atoms with E-state index in [4.69, 9.17) is 28.7 Å². The lowest BCUT2D eigenvalue weighted by atomic mass is 10.00. The van der Waals surface area contributed by atoms with Crippen molar-refractivity contribution in [1.29, 1.82) is 0 Å². The van der Waals surface area contributed by atoms with Gasteiger partial charge in [0.2, 0.25) is 53.2 Å². The Kier molecular flexibility index (Phi) is 24.0. The van der Waals surface area contributed by atoms with Crippen LogP contribution in [0.2, 0.25) is 0 Å². The Bertz CT molecular complexity index is 2900. The number of hydrogen-bond acceptors (Lipinski definition) is 12. The molecular weight excluding hydrogens is 1060 g/mol. The van der Waals surface area contributed by atoms with Gasteiger partial charge in [-0.15, -0.1) is 0 Å². The summed E-state index contributed by atoms with van der Waals surface area (Å²) in [6, 6.07) is 15.1. The van der Waals surface area contributed by atoms with E-state index in [0.29, 0.717) is 68.3 Å². The molecule has 2 fully saturated rings. The molecule has 24 nitrogen and oxygen atoms in total. The SMILES string of the molecule is CC(N)C(=O)N1CCC[C@H]1C(=O)NC(Cc1ccccc1)C(=O)NC(CCCN=C(N)N)C(=O)NC(Cc1c[nH]c2ccccc12)C(=O)NC(Cc1ccccc1)C(=O)NC(CCCCN)C(=O)N1CCC[C@H]1C(=O)NC(C(N)=O)C(C)C. The quantitative estimate of drug-likeness (QED) is 0.0182. The number of benzene rings is 3. The van der Waals surface area contributed by atoms with Gasteiger partial charge in [-0.1, -0.05) is 92.7 Å². The molecule has 2 saturated heterocycles. The number of amides is 9. The molecule has 17 N–H and O–H groups in total. The third-order valence-electron chi connectivity index (χ3n) is 15.0. The summed E-state index contributed by atoms with van der Waals surface area (Å²) in [5, 5.41) is 17.8. The summed E-state index contributed by atoms with van der Waals surface area (Å²) in [5.74, 6) is -6.29. The average Bonchev–Trinajstić information content (AvgIpc) is 4.26. The van der Waals surface area contributed by atoms with E-state index in [-0.39, 0.29) is 63.5 Å². The smallest absolute Gasteiger partial charge is 0.245 e. The molecule has 4 aromatic rings. The third kappa shape index (κ3) is 18.3. The summed E-state index contributed by atoms with van der Waals surface area (Å²) >= 11 is 0. The minimum Gasteiger partial charge on any atom is -0.370 e. The van der Waals surface area contributed by atoms with Crippen LogP contribution in [0.3, 0.4) is 0 Å². The number of nitrogens with zero attached hydrogens (tertiary/aromatic N) is 3. The van der Waals surface area contributed by atoms with Gasteiger partial charge in [0.05, 0.1) is 6.04 Å². The number of para-hydroxylation sites is 1. The lowest BCUT2D eigenvalue weighted by Crippen LogP contribution is -2.61. The predicted octanol–water partition coefficient (Wildman–Crippen LogP) is -0.242. The molecule has 2 aliphatic heterocycles. The van der Waals surface area contributed by atoms with Crippen molar-refractivity contribution in [1.82, 2.24) is 46.7 Å². The number of carbonyl (C=O) groups is 9. The molecule has 0 spiro atoms. The number of aliphatic imine (C=N–C) groups is 1. The van der Waals surface area contributed by atoms with Gasteiger partial charge in [0.25, 0.3) is 0 Å². The number of guanidine groups is 1. The molecule has 6 rings (SSSR count). The summed E-state index contributed by atoms with van der Waals surface area (Å²) < 4.78 is 0. The number of primary amides is 1. The highest BCUT2D eigenvalue weighted by Crippen LogP contribution is 2.23. The highest BCUT2D eigenvalue weighted by atomic mass is 16.2. The molecule has 0 saturated carbocycles. The summed E-state index contributed by atoms with van der Waals surface area (Å²) in [7, 11) is 0. The van der Waals surface area contributed by atoms with Crippen LogP contribution in [-0.4, -0.2) is 154 Å². The topological polar surface area (TPSA) is 391 Å². The van der Waals surface area contributed by atoms with Crippen LogP contribution < -0.4 is 60.6 Å². The molecule has 0 aliphatic carbocycles. The van der Waals surface area contributed by atoms with E-state index in [1.54, 1.807) is 80.7 Å². The minimum atomic E-state index is -1.40. The van der Waals surface area contributed by atoms with Gasteiger partial charge in [-0.25, -0.2) is 0 Å². The van der Waals surface area contributed by atoms with Gasteiger partial charge < -0.3 is 75.4 Å². The van der Waals surface area contributed by atoms with Crippen molar-refractivity contribution in [3.05, 3.63) is 108 Å². The van der Waals surface area contributed by atoms with Crippen molar-refractivity contribution in [3.63, 3.8) is 0 Å². The fraction of sp³-hybridized carbons (Fsp3) is 0.492. The van der Waals surface area contributed by atoms with Gasteiger partial charge >= 0.3 is 0 Å². The Morgan fingerprint density at radius 3 is 1.60 bits per heavy atom. The highest BCUT2D eigenvalue weighted by Gasteiger charge is 2.41. The number of nitrogens with two attached hydrogens (primary N) is 5. The van der Waals surface area contributed by atoms with Crippen LogP contribution in [0.4, 0.5) is 0 Å². The van der Waals surface area contributed by atoms with Crippen molar-refractivity contribution in [3.8, 4) is 0 Å². The molecule has 0 bridgehead atoms. The van der Waals surface area contributed by atoms with Crippen LogP contribution in [0, 0.1) is 5.92 Å². The maximum absolute atomic E-state index is 15.1. The summed E-state index contributed by atoms with van der Waals surface area (Å²) in [6.45, 7) is 5.92. The predicted molar refractivity (Wildman–Crippen MR) is 314 cm³/mol. The summed E-state index contributed by atoms with van der Waals surface area (Å²) in [5.41, 5.74) is 31.4. The Balaban J connectivity index is 1.31. The fourth-order valence-corrected chi connectivity index (χ4v) is 10.6. The Labute approximate surface area is 484 Å². The number of fused-ring (bicyclic) bond motifs is 1. The number of unbranched alkanes of at least 4 members (excludes halogenated alkanes) is 1. The summed E-state index contributed by atoms with van der Waals surface area (Å²) in [6.07, 6.45) is 4.49. The molecule has 9 atom stereocenters. The Morgan fingerprint density at radius 1 is 0.578 bits per heavy atom. The van der Waals surface area contributed by atoms with E-state index in [1.165, 1.54) is 16.7 Å². The number of rotatable bonds is 30. The van der Waals surface area contributed by atoms with E-state index in [9.17, 15) is 38.4 Å². The maximum atomic E-state index is 15.1. The highest BCUT2D eigenvalue weighted by molar-refractivity contribution is 5.99. The number of H-pyrrole nitrogens is 1. The van der Waals surface area contributed by atoms with Gasteiger partial charge in [-0.05, 0) is 99.9 Å². The van der Waals surface area contributed by atoms with Crippen LogP contribution in [0.15, 0.2) is 96.1 Å². The number of likely N-dealkylation sites (tertiary alicyclic amines) is 2. The first kappa shape index (κ1) is 63.8. The van der Waals surface area contributed by atoms with E-state index in [0.717, 1.165) is 10.9 Å². The number of aromatic amines is 1. The minimum absolute atomic E-state index is 0.00820. The standard InChI is InChI=1S/C59H83N15O9/c1-35(2)49(50(62)75)72-56(81)48-26-16-30-74(48)58(83)43(23-12-13-27-60)68-53(78)44(31-37-17-6-4-7-18-37)69-54(79)46(33-39-34-66-41-22-11-10-21-40(39)41)70-51(76)42(24-14-28-65-59(63)64)67-52(77)45(32-38-19-8-5-9-20-38)71-55(80)47-25-15-29-73(47)57(82)36(3)61/h4-11,17-22,34-36,42-49,66H,12-16,23-33,60-61H2,1-3H3,(H2,62,75)(H,67,77)(H,68,78)(H,69,79)(H,70,76)(H,71,80)(H,72,81)(H4,63,64,65)/t36?,42?,43?,44?,45?,46?,47-,48-,49?/m0/s1. The first-order valence-electron chi connectivity index (χ1n) is 28.6. The maximum Gasteiger partial charge on any atom is 0.245 e. The number of aromatic nitrogens is 1.